The van der Waals surface area contributed by atoms with Gasteiger partial charge in [0.05, 0.1) is 18.6 Å². The normalized spacial score (nSPS) is 23.1. The molecular formula is C32H40F4O4. The second-order valence-electron chi connectivity index (χ2n) is 11.1. The molecule has 0 atom stereocenters. The van der Waals surface area contributed by atoms with Gasteiger partial charge < -0.3 is 14.2 Å². The van der Waals surface area contributed by atoms with E-state index in [9.17, 15) is 22.4 Å². The van der Waals surface area contributed by atoms with E-state index in [1.807, 2.05) is 6.92 Å². The van der Waals surface area contributed by atoms with Gasteiger partial charge in [-0.3, -0.25) is 4.79 Å². The first-order valence-electron chi connectivity index (χ1n) is 14.8. The Hall–Kier alpha value is -2.61. The number of unbranched alkanes of at least 4 members (excludes halogenated alkanes) is 1. The van der Waals surface area contributed by atoms with Crippen LogP contribution in [0.3, 0.4) is 0 Å². The van der Waals surface area contributed by atoms with Crippen molar-refractivity contribution in [1.82, 2.24) is 0 Å². The molecule has 2 aliphatic rings. The Balaban J connectivity index is 1.31. The Morgan fingerprint density at radius 3 is 1.82 bits per heavy atom. The van der Waals surface area contributed by atoms with E-state index in [4.69, 9.17) is 14.2 Å². The van der Waals surface area contributed by atoms with E-state index in [1.54, 1.807) is 6.07 Å². The standard InChI is InChI=1S/C32H40F4O4/c1-3-5-19-39-26-16-14-24(28(33)30(26)35)20-6-8-22(9-7-20)32(37)40-27-17-15-25(29(34)31(27)36)21-10-12-23(13-11-21)38-18-4-2/h14-17,20-23H,3-13,18-19H2,1-2H3. The number of carbonyl (C=O) groups is 1. The van der Waals surface area contributed by atoms with Crippen molar-refractivity contribution in [3.63, 3.8) is 0 Å². The number of carbonyl (C=O) groups excluding carboxylic acids is 1. The first-order chi connectivity index (χ1) is 19.3. The summed E-state index contributed by atoms with van der Waals surface area (Å²) in [6, 6.07) is 5.85. The van der Waals surface area contributed by atoms with Gasteiger partial charge in [-0.05, 0) is 99.3 Å². The second-order valence-corrected chi connectivity index (χ2v) is 11.1. The monoisotopic (exact) mass is 564 g/mol. The molecule has 8 heteroatoms. The highest BCUT2D eigenvalue weighted by atomic mass is 19.2. The van der Waals surface area contributed by atoms with E-state index in [0.717, 1.165) is 32.1 Å². The molecule has 2 saturated carbocycles. The Labute approximate surface area is 234 Å². The lowest BCUT2D eigenvalue weighted by atomic mass is 9.78. The van der Waals surface area contributed by atoms with E-state index < -0.39 is 40.9 Å². The van der Waals surface area contributed by atoms with Gasteiger partial charge in [0.25, 0.3) is 0 Å². The van der Waals surface area contributed by atoms with Crippen molar-refractivity contribution in [3.05, 3.63) is 58.7 Å². The summed E-state index contributed by atoms with van der Waals surface area (Å²) >= 11 is 0. The number of esters is 1. The molecule has 0 radical (unpaired) electrons. The second kappa shape index (κ2) is 14.3. The molecule has 2 fully saturated rings. The largest absolute Gasteiger partial charge is 0.490 e. The minimum absolute atomic E-state index is 0.0964. The lowest BCUT2D eigenvalue weighted by Crippen LogP contribution is -2.26. The average molecular weight is 565 g/mol. The maximum Gasteiger partial charge on any atom is 0.314 e. The van der Waals surface area contributed by atoms with Gasteiger partial charge in [0.15, 0.2) is 23.1 Å². The van der Waals surface area contributed by atoms with Crippen LogP contribution in [0.2, 0.25) is 0 Å². The number of ether oxygens (including phenoxy) is 3. The van der Waals surface area contributed by atoms with Crippen molar-refractivity contribution < 1.29 is 36.6 Å². The van der Waals surface area contributed by atoms with Crippen LogP contribution in [0.15, 0.2) is 24.3 Å². The quantitative estimate of drug-likeness (QED) is 0.118. The highest BCUT2D eigenvalue weighted by molar-refractivity contribution is 5.75. The molecule has 40 heavy (non-hydrogen) atoms. The molecule has 0 aromatic heterocycles. The maximum atomic E-state index is 15.0. The van der Waals surface area contributed by atoms with Gasteiger partial charge in [-0.1, -0.05) is 32.4 Å². The maximum absolute atomic E-state index is 15.0. The minimum atomic E-state index is -1.15. The molecule has 0 spiro atoms. The fraction of sp³-hybridized carbons (Fsp3) is 0.594. The van der Waals surface area contributed by atoms with Crippen LogP contribution >= 0.6 is 0 Å². The van der Waals surface area contributed by atoms with Gasteiger partial charge in [0, 0.05) is 6.61 Å². The smallest absolute Gasteiger partial charge is 0.314 e. The number of halogens is 4. The summed E-state index contributed by atoms with van der Waals surface area (Å²) in [6.45, 7) is 5.06. The first-order valence-corrected chi connectivity index (χ1v) is 14.8. The van der Waals surface area contributed by atoms with Crippen molar-refractivity contribution in [2.24, 2.45) is 5.92 Å². The van der Waals surface area contributed by atoms with Crippen LogP contribution in [-0.4, -0.2) is 25.3 Å². The zero-order valence-corrected chi connectivity index (χ0v) is 23.5. The average Bonchev–Trinajstić information content (AvgIpc) is 2.97. The Morgan fingerprint density at radius 1 is 0.700 bits per heavy atom. The van der Waals surface area contributed by atoms with Crippen LogP contribution in [0.4, 0.5) is 17.6 Å². The van der Waals surface area contributed by atoms with Crippen molar-refractivity contribution in [1.29, 1.82) is 0 Å². The Bertz CT molecular complexity index is 1140. The lowest BCUT2D eigenvalue weighted by molar-refractivity contribution is -0.140. The molecule has 4 nitrogen and oxygen atoms in total. The van der Waals surface area contributed by atoms with E-state index in [-0.39, 0.29) is 29.3 Å². The van der Waals surface area contributed by atoms with Crippen LogP contribution < -0.4 is 9.47 Å². The predicted octanol–water partition coefficient (Wildman–Crippen LogP) is 8.75. The summed E-state index contributed by atoms with van der Waals surface area (Å²) < 4.78 is 75.6. The summed E-state index contributed by atoms with van der Waals surface area (Å²) in [5.41, 5.74) is 0.574. The molecular weight excluding hydrogens is 524 g/mol. The van der Waals surface area contributed by atoms with Crippen LogP contribution in [0.5, 0.6) is 11.5 Å². The molecule has 4 rings (SSSR count). The van der Waals surface area contributed by atoms with E-state index in [0.29, 0.717) is 57.3 Å². The summed E-state index contributed by atoms with van der Waals surface area (Å²) in [7, 11) is 0. The predicted molar refractivity (Wildman–Crippen MR) is 145 cm³/mol. The summed E-state index contributed by atoms with van der Waals surface area (Å²) in [4.78, 5) is 12.8. The first kappa shape index (κ1) is 30.4. The third-order valence-corrected chi connectivity index (χ3v) is 8.29. The molecule has 0 heterocycles. The van der Waals surface area contributed by atoms with Crippen molar-refractivity contribution in [2.45, 2.75) is 102 Å². The minimum Gasteiger partial charge on any atom is -0.490 e. The van der Waals surface area contributed by atoms with E-state index in [2.05, 4.69) is 6.92 Å². The molecule has 0 amide bonds. The number of benzene rings is 2. The third-order valence-electron chi connectivity index (χ3n) is 8.29. The van der Waals surface area contributed by atoms with Gasteiger partial charge in [-0.25, -0.2) is 8.78 Å². The lowest BCUT2D eigenvalue weighted by Gasteiger charge is -2.29. The molecule has 220 valence electrons. The van der Waals surface area contributed by atoms with Crippen LogP contribution in [-0.2, 0) is 9.53 Å². The number of hydrogen-bond acceptors (Lipinski definition) is 4. The zero-order chi connectivity index (χ0) is 28.6. The van der Waals surface area contributed by atoms with Crippen LogP contribution in [0.25, 0.3) is 0 Å². The fourth-order valence-electron chi connectivity index (χ4n) is 5.90. The van der Waals surface area contributed by atoms with E-state index in [1.165, 1.54) is 18.2 Å². The molecule has 2 aromatic carbocycles. The molecule has 0 saturated heterocycles. The van der Waals surface area contributed by atoms with Gasteiger partial charge in [0.1, 0.15) is 0 Å². The van der Waals surface area contributed by atoms with E-state index >= 15 is 0 Å². The SMILES string of the molecule is CCCCOc1ccc(C2CCC(C(=O)Oc3ccc(C4CCC(OCCC)CC4)c(F)c3F)CC2)c(F)c1F. The van der Waals surface area contributed by atoms with Gasteiger partial charge in [-0.2, -0.15) is 8.78 Å². The summed E-state index contributed by atoms with van der Waals surface area (Å²) in [5.74, 6) is -6.05. The van der Waals surface area contributed by atoms with Crippen molar-refractivity contribution >= 4 is 5.97 Å². The highest BCUT2D eigenvalue weighted by Gasteiger charge is 2.32. The molecule has 0 unspecified atom stereocenters. The summed E-state index contributed by atoms with van der Waals surface area (Å²) in [6.07, 6.45) is 7.45. The third kappa shape index (κ3) is 7.17. The van der Waals surface area contributed by atoms with Gasteiger partial charge in [0.2, 0.25) is 11.6 Å². The Kier molecular flexibility index (Phi) is 10.9. The molecule has 0 aliphatic heterocycles. The topological polar surface area (TPSA) is 44.8 Å². The molecule has 2 aliphatic carbocycles. The summed E-state index contributed by atoms with van der Waals surface area (Å²) in [5, 5.41) is 0. The Morgan fingerprint density at radius 2 is 1.25 bits per heavy atom. The van der Waals surface area contributed by atoms with Crippen molar-refractivity contribution in [2.75, 3.05) is 13.2 Å². The van der Waals surface area contributed by atoms with Gasteiger partial charge in [-0.15, -0.1) is 0 Å². The molecule has 2 aromatic rings. The fourth-order valence-corrected chi connectivity index (χ4v) is 5.90. The number of hydrogen-bond donors (Lipinski definition) is 0. The van der Waals surface area contributed by atoms with Gasteiger partial charge >= 0.3 is 5.97 Å². The number of rotatable bonds is 11. The molecule has 0 bridgehead atoms. The van der Waals surface area contributed by atoms with Crippen LogP contribution in [0.1, 0.15) is 107 Å². The van der Waals surface area contributed by atoms with Crippen LogP contribution in [0, 0.1) is 29.2 Å². The van der Waals surface area contributed by atoms with Crippen molar-refractivity contribution in [3.8, 4) is 11.5 Å². The highest BCUT2D eigenvalue weighted by Crippen LogP contribution is 2.40. The molecule has 0 N–H and O–H groups in total. The zero-order valence-electron chi connectivity index (χ0n) is 23.5.